The van der Waals surface area contributed by atoms with Gasteiger partial charge in [-0.1, -0.05) is 171 Å². The number of allylic oxidation sites excluding steroid dienone is 8. The Labute approximate surface area is 806 Å². The predicted molar refractivity (Wildman–Crippen MR) is 515 cm³/mol. The molecule has 17 rings (SSSR count). The van der Waals surface area contributed by atoms with Gasteiger partial charge in [-0.15, -0.1) is 0 Å². The van der Waals surface area contributed by atoms with Gasteiger partial charge >= 0.3 is 68.9 Å². The van der Waals surface area contributed by atoms with Crippen molar-refractivity contribution >= 4 is 75.5 Å². The molecule has 3 atom stereocenters. The average molecular weight is 1830 g/mol. The summed E-state index contributed by atoms with van der Waals surface area (Å²) in [6.07, 6.45) is 15.5. The van der Waals surface area contributed by atoms with Crippen molar-refractivity contribution in [3.63, 3.8) is 0 Å². The Balaban J connectivity index is 0.0000120. The van der Waals surface area contributed by atoms with E-state index in [4.69, 9.17) is 37.9 Å². The van der Waals surface area contributed by atoms with Crippen molar-refractivity contribution < 1.29 is 120 Å². The quantitative estimate of drug-likeness (QED) is 0.0172. The molecule has 0 saturated heterocycles. The van der Waals surface area contributed by atoms with Gasteiger partial charge in [-0.25, -0.2) is 8.42 Å². The second-order valence-electron chi connectivity index (χ2n) is 31.8. The molecule has 16 heteroatoms. The first kappa shape index (κ1) is 88.7. The maximum absolute atomic E-state index is 12.6. The molecule has 0 spiro atoms. The van der Waals surface area contributed by atoms with Crippen molar-refractivity contribution in [2.75, 3.05) is 56.9 Å². The molecule has 3 heterocycles. The van der Waals surface area contributed by atoms with E-state index >= 15 is 0 Å². The molecule has 0 fully saturated rings. The van der Waals surface area contributed by atoms with Crippen LogP contribution in [0.4, 0.5) is 0 Å². The van der Waals surface area contributed by atoms with E-state index in [9.17, 15) is 13.0 Å². The summed E-state index contributed by atoms with van der Waals surface area (Å²) in [5.74, 6) is 4.63. The Morgan fingerprint density at radius 3 is 1.05 bits per heavy atom. The van der Waals surface area contributed by atoms with Crippen molar-refractivity contribution in [3.8, 4) is 68.1 Å². The summed E-state index contributed by atoms with van der Waals surface area (Å²) in [4.78, 5) is 0. The van der Waals surface area contributed by atoms with Gasteiger partial charge in [0, 0.05) is 90.2 Å². The average Bonchev–Trinajstić information content (AvgIpc) is 1.58. The van der Waals surface area contributed by atoms with Crippen molar-refractivity contribution in [3.05, 3.63) is 432 Å². The van der Waals surface area contributed by atoms with Crippen molar-refractivity contribution in [1.29, 1.82) is 0 Å². The summed E-state index contributed by atoms with van der Waals surface area (Å²) >= 11 is 0. The molecule has 128 heavy (non-hydrogen) atoms. The molecule has 0 saturated carbocycles. The first-order chi connectivity index (χ1) is 62.0. The van der Waals surface area contributed by atoms with Gasteiger partial charge in [-0.05, 0) is 285 Å². The van der Waals surface area contributed by atoms with E-state index in [2.05, 4.69) is 270 Å². The summed E-state index contributed by atoms with van der Waals surface area (Å²) in [6.45, 7) is 10.1. The fourth-order valence-corrected chi connectivity index (χ4v) is 18.5. The molecule has 14 nitrogen and oxygen atoms in total. The van der Waals surface area contributed by atoms with E-state index < -0.39 is 15.4 Å². The van der Waals surface area contributed by atoms with Gasteiger partial charge in [-0.2, -0.15) is 0 Å². The normalized spacial score (nSPS) is 12.8. The fourth-order valence-electron chi connectivity index (χ4n) is 18.1. The Morgan fingerprint density at radius 2 is 0.688 bits per heavy atom. The van der Waals surface area contributed by atoms with Gasteiger partial charge in [-0.3, -0.25) is 0 Å². The number of benzene rings is 14. The first-order valence-corrected chi connectivity index (χ1v) is 43.8. The van der Waals surface area contributed by atoms with Gasteiger partial charge in [0.2, 0.25) is 0 Å². The minimum atomic E-state index is -4.56. The van der Waals surface area contributed by atoms with Crippen LogP contribution in [0.3, 0.4) is 0 Å². The molecule has 14 aromatic carbocycles. The number of hydrogen-bond donors (Lipinski definition) is 0. The maximum atomic E-state index is 12.6. The van der Waals surface area contributed by atoms with E-state index in [0.717, 1.165) is 195 Å². The topological polar surface area (TPSA) is 146 Å². The van der Waals surface area contributed by atoms with Gasteiger partial charge in [0.05, 0.1) is 95.3 Å². The van der Waals surface area contributed by atoms with Crippen LogP contribution in [-0.4, -0.2) is 88.8 Å². The van der Waals surface area contributed by atoms with E-state index in [-0.39, 0.29) is 99.0 Å². The zero-order chi connectivity index (χ0) is 88.0. The summed E-state index contributed by atoms with van der Waals surface area (Å²) in [5, 5.41) is 5.21. The number of aromatic nitrogens is 3. The van der Waals surface area contributed by atoms with Gasteiger partial charge in [0.1, 0.15) is 40.3 Å². The van der Waals surface area contributed by atoms with E-state index in [1.165, 1.54) is 6.92 Å². The SMILES string of the molecule is C=C/C(=C\C=C\C(c1ccc(OC)cc1)c1ccc2c(c1)c1cc(C(c3ccc(OC)cc3)c3ccc(OC)cc3)ccc1n2-c1ccc(-c2ccc3c(c2)c2cc(-c4ccc(-n5c6ccc(C(/C(C=C)=C/C=C/OC)c7ccc(OC)cc7)cc6c6cc(C(c7ccc(OC)cc7)c7ccc(OC)cc7)ccc65)cc4)ccc2n3CCC(C)S(=O)(=O)[O-])cc1)OC.[Cs+]. The Morgan fingerprint density at radius 1 is 0.359 bits per heavy atom. The molecule has 0 radical (unpaired) electrons. The third-order valence-electron chi connectivity index (χ3n) is 24.8. The molecule has 0 aliphatic heterocycles. The molecule has 0 N–H and O–H groups in total. The largest absolute Gasteiger partial charge is 1.00 e. The standard InChI is InChI=1S/C112H99N3O11S.Cs/c1-12-73(16-15-65-119-4)110(77-25-47-92(122-7)48-26-77)85-38-60-108-102(69-85)103-71-87(112(80-31-53-95(125-10)54-32-80)81-33-55-96(126-11)56-34-81)40-62-109(103)115(108)89-43-21-75(22-44-89)83-36-58-105-99(67-83)98-66-82(35-57-104(98)113(105)64-63-72(3)127(116,117)118)74-19-41-88(42-20-74)114-106-59-37-84(97(18-14-17-90(13-2)120-5)76-23-45-91(121-6)46-24-76)68-100(106)101-70-86(39-61-107(101)114)111(78-27-49-93(123-8)50-28-78)79-29-51-94(124-9)52-30-79;/h12-62,65-72,97,110-112H,1-2,63-64H2,3-11H3,(H,116,117,118);/q;+1/p-1/b18-14+,65-15+,73-16+,90-17+;. The van der Waals surface area contributed by atoms with Gasteiger partial charge in [0.25, 0.3) is 0 Å². The third kappa shape index (κ3) is 18.1. The second kappa shape index (κ2) is 39.3. The first-order valence-electron chi connectivity index (χ1n) is 42.3. The van der Waals surface area contributed by atoms with Crippen molar-refractivity contribution in [2.24, 2.45) is 0 Å². The number of fused-ring (bicyclic) bond motifs is 9. The fraction of sp³-hybridized carbons (Fsp3) is 0.143. The van der Waals surface area contributed by atoms with Crippen LogP contribution in [0.25, 0.3) is 99.0 Å². The number of ether oxygens (including phenoxy) is 8. The monoisotopic (exact) mass is 1830 g/mol. The number of methoxy groups -OCH3 is 8. The minimum absolute atomic E-state index is 0. The van der Waals surface area contributed by atoms with Crippen molar-refractivity contribution in [1.82, 2.24) is 13.7 Å². The predicted octanol–water partition coefficient (Wildman–Crippen LogP) is 22.9. The molecule has 634 valence electrons. The summed E-state index contributed by atoms with van der Waals surface area (Å²) in [5.41, 5.74) is 23.9. The Kier molecular flexibility index (Phi) is 27.2. The van der Waals surface area contributed by atoms with Crippen LogP contribution < -0.4 is 97.3 Å². The van der Waals surface area contributed by atoms with Crippen LogP contribution >= 0.6 is 0 Å². The number of aryl methyl sites for hydroxylation is 1. The molecule has 0 bridgehead atoms. The summed E-state index contributed by atoms with van der Waals surface area (Å²) in [7, 11) is 8.85. The summed E-state index contributed by atoms with van der Waals surface area (Å²) < 4.78 is 89.5. The Bertz CT molecular complexity index is 7080. The summed E-state index contributed by atoms with van der Waals surface area (Å²) in [6, 6.07) is 108. The molecule has 0 aliphatic carbocycles. The van der Waals surface area contributed by atoms with E-state index in [1.54, 1.807) is 69.2 Å². The van der Waals surface area contributed by atoms with Crippen LogP contribution in [0.5, 0.6) is 34.5 Å². The molecule has 3 aromatic heterocycles. The molecule has 0 aliphatic rings. The zero-order valence-corrected chi connectivity index (χ0v) is 80.5. The van der Waals surface area contributed by atoms with Crippen LogP contribution in [0.2, 0.25) is 0 Å². The third-order valence-corrected chi connectivity index (χ3v) is 26.0. The molecular formula is C112H98CsN3O11S. The van der Waals surface area contributed by atoms with Crippen LogP contribution in [0.1, 0.15) is 92.7 Å². The van der Waals surface area contributed by atoms with E-state index in [1.807, 2.05) is 97.1 Å². The number of rotatable bonds is 32. The number of hydrogen-bond acceptors (Lipinski definition) is 11. The zero-order valence-electron chi connectivity index (χ0n) is 73.4. The minimum Gasteiger partial charge on any atom is -0.748 e. The van der Waals surface area contributed by atoms with Gasteiger partial charge < -0.3 is 56.1 Å². The molecule has 17 aromatic rings. The van der Waals surface area contributed by atoms with Crippen LogP contribution in [-0.2, 0) is 26.1 Å². The maximum Gasteiger partial charge on any atom is 1.00 e. The smallest absolute Gasteiger partial charge is 0.748 e. The second-order valence-corrected chi connectivity index (χ2v) is 33.6. The van der Waals surface area contributed by atoms with Crippen molar-refractivity contribution in [2.45, 2.75) is 48.8 Å². The molecular weight excluding hydrogens is 1730 g/mol. The van der Waals surface area contributed by atoms with Crippen LogP contribution in [0.15, 0.2) is 377 Å². The van der Waals surface area contributed by atoms with E-state index in [0.29, 0.717) is 12.3 Å². The molecule has 0 amide bonds. The van der Waals surface area contributed by atoms with Crippen LogP contribution in [0, 0.1) is 0 Å². The van der Waals surface area contributed by atoms with Gasteiger partial charge in [0.15, 0.2) is 0 Å². The molecule has 3 unspecified atom stereocenters. The number of nitrogens with zero attached hydrogens (tertiary/aromatic N) is 3. The Hall–Kier alpha value is -12.7.